The van der Waals surface area contributed by atoms with Crippen molar-refractivity contribution < 1.29 is 4.39 Å². The van der Waals surface area contributed by atoms with E-state index in [1.807, 2.05) is 44.4 Å². The van der Waals surface area contributed by atoms with Crippen LogP contribution in [0.4, 0.5) is 10.1 Å². The van der Waals surface area contributed by atoms with E-state index in [9.17, 15) is 4.39 Å². The Morgan fingerprint density at radius 2 is 1.88 bits per heavy atom. The van der Waals surface area contributed by atoms with Crippen LogP contribution in [0.15, 0.2) is 79.7 Å². The molecule has 0 unspecified atom stereocenters. The highest BCUT2D eigenvalue weighted by Crippen LogP contribution is 2.35. The lowest BCUT2D eigenvalue weighted by Gasteiger charge is -2.15. The highest BCUT2D eigenvalue weighted by atomic mass is 19.1. The molecule has 0 atom stereocenters. The Bertz CT molecular complexity index is 1790. The highest BCUT2D eigenvalue weighted by Gasteiger charge is 2.18. The molecular weight excluding hydrogens is 535 g/mol. The van der Waals surface area contributed by atoms with Crippen LogP contribution in [0.5, 0.6) is 0 Å². The second-order valence-electron chi connectivity index (χ2n) is 11.7. The van der Waals surface area contributed by atoms with Crippen molar-refractivity contribution in [3.05, 3.63) is 108 Å². The monoisotopic (exact) mass is 574 g/mol. The maximum Gasteiger partial charge on any atom is 0.124 e. The van der Waals surface area contributed by atoms with Gasteiger partial charge < -0.3 is 14.8 Å². The molecule has 3 aromatic heterocycles. The predicted octanol–water partition coefficient (Wildman–Crippen LogP) is 7.78. The zero-order valence-electron chi connectivity index (χ0n) is 25.3. The quantitative estimate of drug-likeness (QED) is 0.167. The van der Waals surface area contributed by atoms with Gasteiger partial charge in [0.1, 0.15) is 11.5 Å². The molecule has 2 aromatic carbocycles. The minimum atomic E-state index is -0.212. The largest absolute Gasteiger partial charge is 0.376 e. The fraction of sp³-hybridized carbons (Fsp3) is 0.278. The van der Waals surface area contributed by atoms with E-state index in [4.69, 9.17) is 0 Å². The Morgan fingerprint density at radius 1 is 1.05 bits per heavy atom. The van der Waals surface area contributed by atoms with Crippen molar-refractivity contribution in [1.29, 1.82) is 0 Å². The molecule has 0 bridgehead atoms. The molecule has 43 heavy (non-hydrogen) atoms. The van der Waals surface area contributed by atoms with Crippen LogP contribution in [0, 0.1) is 12.7 Å². The van der Waals surface area contributed by atoms with Crippen LogP contribution in [0.25, 0.3) is 39.0 Å². The Kier molecular flexibility index (Phi) is 8.25. The standard InChI is InChI=1S/C36H39FN6/c1-5-9-31(27-16-25(17-29(37)18-27)10-8-15-43-13-6-7-14-43)32-21-35(39-24(32)2)36-33-20-26(11-12-34(33)40-41-36)28-19-30(42(3)4)23-38-22-28/h5,9,11-12,16-23,39H,1,6-8,10,13-15H2,2-4H3,(H,40,41)/b31-9-. The summed E-state index contributed by atoms with van der Waals surface area (Å²) in [5, 5.41) is 8.89. The smallest absolute Gasteiger partial charge is 0.124 e. The molecule has 1 aliphatic rings. The minimum Gasteiger partial charge on any atom is -0.376 e. The summed E-state index contributed by atoms with van der Waals surface area (Å²) in [6.07, 6.45) is 11.9. The number of hydrogen-bond acceptors (Lipinski definition) is 4. The van der Waals surface area contributed by atoms with E-state index in [2.05, 4.69) is 68.0 Å². The van der Waals surface area contributed by atoms with E-state index >= 15 is 0 Å². The molecule has 0 aliphatic carbocycles. The van der Waals surface area contributed by atoms with Gasteiger partial charge in [0.15, 0.2) is 0 Å². The number of aryl methyl sites for hydroxylation is 2. The number of hydrogen-bond donors (Lipinski definition) is 2. The van der Waals surface area contributed by atoms with Gasteiger partial charge in [0, 0.05) is 42.5 Å². The van der Waals surface area contributed by atoms with Gasteiger partial charge in [-0.25, -0.2) is 4.39 Å². The minimum absolute atomic E-state index is 0.212. The molecule has 220 valence electrons. The number of likely N-dealkylation sites (tertiary alicyclic amines) is 1. The van der Waals surface area contributed by atoms with Gasteiger partial charge in [-0.3, -0.25) is 10.1 Å². The SMILES string of the molecule is C=C/C=C(/c1cc(F)cc(CCCN2CCCC2)c1)c1cc(-c2n[nH]c3ccc(-c4cncc(N(C)C)c4)cc23)[nH]c1C. The maximum absolute atomic E-state index is 14.9. The van der Waals surface area contributed by atoms with Crippen LogP contribution >= 0.6 is 0 Å². The molecule has 0 saturated carbocycles. The van der Waals surface area contributed by atoms with Crippen molar-refractivity contribution in [2.24, 2.45) is 0 Å². The van der Waals surface area contributed by atoms with Gasteiger partial charge in [-0.15, -0.1) is 0 Å². The van der Waals surface area contributed by atoms with Gasteiger partial charge in [-0.05, 0) is 111 Å². The average molecular weight is 575 g/mol. The summed E-state index contributed by atoms with van der Waals surface area (Å²) in [4.78, 5) is 12.5. The summed E-state index contributed by atoms with van der Waals surface area (Å²) in [7, 11) is 4.03. The van der Waals surface area contributed by atoms with E-state index < -0.39 is 0 Å². The summed E-state index contributed by atoms with van der Waals surface area (Å²) in [5.41, 5.74) is 10.6. The number of allylic oxidation sites excluding steroid dienone is 2. The average Bonchev–Trinajstić information content (AvgIpc) is 3.75. The summed E-state index contributed by atoms with van der Waals surface area (Å²) in [5.74, 6) is -0.212. The fourth-order valence-electron chi connectivity index (χ4n) is 6.12. The lowest BCUT2D eigenvalue weighted by atomic mass is 9.94. The zero-order valence-corrected chi connectivity index (χ0v) is 25.3. The molecule has 1 fully saturated rings. The third-order valence-corrected chi connectivity index (χ3v) is 8.39. The van der Waals surface area contributed by atoms with Gasteiger partial charge >= 0.3 is 0 Å². The lowest BCUT2D eigenvalue weighted by molar-refractivity contribution is 0.334. The van der Waals surface area contributed by atoms with E-state index in [1.54, 1.807) is 18.2 Å². The molecule has 5 aromatic rings. The Morgan fingerprint density at radius 3 is 2.67 bits per heavy atom. The van der Waals surface area contributed by atoms with E-state index in [-0.39, 0.29) is 5.82 Å². The highest BCUT2D eigenvalue weighted by molar-refractivity contribution is 5.96. The van der Waals surface area contributed by atoms with Crippen molar-refractivity contribution in [2.75, 3.05) is 38.6 Å². The molecule has 1 aliphatic heterocycles. The lowest BCUT2D eigenvalue weighted by Crippen LogP contribution is -2.20. The molecule has 6 nitrogen and oxygen atoms in total. The fourth-order valence-corrected chi connectivity index (χ4v) is 6.12. The number of pyridine rings is 1. The first kappa shape index (κ1) is 28.6. The van der Waals surface area contributed by atoms with E-state index in [0.717, 1.165) is 86.4 Å². The van der Waals surface area contributed by atoms with Gasteiger partial charge in [-0.2, -0.15) is 5.10 Å². The number of H-pyrrole nitrogens is 2. The molecule has 2 N–H and O–H groups in total. The molecular formula is C36H39FN6. The second-order valence-corrected chi connectivity index (χ2v) is 11.7. The summed E-state index contributed by atoms with van der Waals surface area (Å²) in [6, 6.07) is 16.0. The molecule has 1 saturated heterocycles. The second kappa shape index (κ2) is 12.4. The van der Waals surface area contributed by atoms with Crippen molar-refractivity contribution in [2.45, 2.75) is 32.6 Å². The number of anilines is 1. The first-order chi connectivity index (χ1) is 20.9. The number of benzene rings is 2. The summed E-state index contributed by atoms with van der Waals surface area (Å²) in [6.45, 7) is 9.44. The van der Waals surface area contributed by atoms with Crippen LogP contribution in [-0.4, -0.2) is 58.8 Å². The normalized spacial score (nSPS) is 14.1. The van der Waals surface area contributed by atoms with Crippen LogP contribution in [-0.2, 0) is 6.42 Å². The first-order valence-corrected chi connectivity index (χ1v) is 15.1. The molecule has 6 rings (SSSR count). The van der Waals surface area contributed by atoms with Crippen molar-refractivity contribution in [1.82, 2.24) is 25.1 Å². The number of fused-ring (bicyclic) bond motifs is 1. The predicted molar refractivity (Wildman–Crippen MR) is 176 cm³/mol. The van der Waals surface area contributed by atoms with Crippen LogP contribution < -0.4 is 4.90 Å². The molecule has 0 amide bonds. The van der Waals surface area contributed by atoms with Gasteiger partial charge in [0.2, 0.25) is 0 Å². The van der Waals surface area contributed by atoms with Crippen LogP contribution in [0.3, 0.4) is 0 Å². The topological polar surface area (TPSA) is 63.8 Å². The van der Waals surface area contributed by atoms with Crippen molar-refractivity contribution in [3.8, 4) is 22.5 Å². The van der Waals surface area contributed by atoms with Gasteiger partial charge in [0.05, 0.1) is 23.1 Å². The van der Waals surface area contributed by atoms with Crippen molar-refractivity contribution in [3.63, 3.8) is 0 Å². The zero-order chi connectivity index (χ0) is 29.9. The Balaban J connectivity index is 1.32. The third-order valence-electron chi connectivity index (χ3n) is 8.39. The Hall–Kier alpha value is -4.49. The molecule has 4 heterocycles. The Labute approximate surface area is 253 Å². The van der Waals surface area contributed by atoms with Crippen LogP contribution in [0.2, 0.25) is 0 Å². The van der Waals surface area contributed by atoms with E-state index in [1.165, 1.54) is 25.9 Å². The third kappa shape index (κ3) is 6.18. The number of aromatic nitrogens is 4. The number of nitrogens with one attached hydrogen (secondary N) is 2. The summed E-state index contributed by atoms with van der Waals surface area (Å²) < 4.78 is 14.9. The first-order valence-electron chi connectivity index (χ1n) is 15.1. The van der Waals surface area contributed by atoms with Crippen molar-refractivity contribution >= 4 is 22.2 Å². The number of nitrogens with zero attached hydrogens (tertiary/aromatic N) is 4. The molecule has 0 radical (unpaired) electrons. The van der Waals surface area contributed by atoms with Gasteiger partial charge in [-0.1, -0.05) is 30.9 Å². The van der Waals surface area contributed by atoms with Gasteiger partial charge in [0.25, 0.3) is 0 Å². The molecule has 0 spiro atoms. The number of rotatable bonds is 10. The van der Waals surface area contributed by atoms with E-state index in [0.29, 0.717) is 0 Å². The summed E-state index contributed by atoms with van der Waals surface area (Å²) >= 11 is 0. The van der Waals surface area contributed by atoms with Crippen LogP contribution in [0.1, 0.15) is 41.6 Å². The maximum atomic E-state index is 14.9. The number of halogens is 1. The number of aromatic amines is 2. The molecule has 7 heteroatoms.